The molecule has 5 rings (SSSR count). The van der Waals surface area contributed by atoms with E-state index >= 15 is 0 Å². The number of aryl methyl sites for hydroxylation is 1. The second-order valence-electron chi connectivity index (χ2n) is 11.3. The van der Waals surface area contributed by atoms with Gasteiger partial charge < -0.3 is 19.5 Å². The van der Waals surface area contributed by atoms with Gasteiger partial charge in [-0.2, -0.15) is 0 Å². The van der Waals surface area contributed by atoms with Crippen molar-refractivity contribution in [1.82, 2.24) is 15.0 Å². The van der Waals surface area contributed by atoms with Crippen molar-refractivity contribution in [3.05, 3.63) is 81.7 Å². The van der Waals surface area contributed by atoms with Crippen molar-refractivity contribution in [3.8, 4) is 5.75 Å². The first kappa shape index (κ1) is 28.8. The van der Waals surface area contributed by atoms with Gasteiger partial charge >= 0.3 is 0 Å². The number of nitrogens with zero attached hydrogens (tertiary/aromatic N) is 4. The van der Waals surface area contributed by atoms with E-state index in [1.165, 1.54) is 0 Å². The van der Waals surface area contributed by atoms with Gasteiger partial charge in [0.25, 0.3) is 5.91 Å². The van der Waals surface area contributed by atoms with E-state index in [-0.39, 0.29) is 35.9 Å². The molecule has 212 valence electrons. The molecule has 1 N–H and O–H groups in total. The third-order valence-corrected chi connectivity index (χ3v) is 9.38. The van der Waals surface area contributed by atoms with Crippen LogP contribution in [0.25, 0.3) is 0 Å². The fraction of sp³-hybridized carbons (Fsp3) is 0.452. The molecular weight excluding hydrogens is 619 g/mol. The molecule has 40 heavy (non-hydrogen) atoms. The molecule has 2 aliphatic heterocycles. The maximum atomic E-state index is 14.4. The first-order valence-corrected chi connectivity index (χ1v) is 14.8. The Hall–Kier alpha value is -2.76. The zero-order valence-electron chi connectivity index (χ0n) is 23.5. The summed E-state index contributed by atoms with van der Waals surface area (Å²) < 4.78 is 15.4. The van der Waals surface area contributed by atoms with E-state index in [9.17, 15) is 9.90 Å². The topological polar surface area (TPSA) is 89.7 Å². The lowest BCUT2D eigenvalue weighted by Gasteiger charge is -2.38. The summed E-state index contributed by atoms with van der Waals surface area (Å²) in [7, 11) is 1.67. The Balaban J connectivity index is 1.57. The Morgan fingerprint density at radius 3 is 2.67 bits per heavy atom. The lowest BCUT2D eigenvalue weighted by molar-refractivity contribution is -0.146. The molecule has 1 amide bonds. The Bertz CT molecular complexity index is 1390. The summed E-state index contributed by atoms with van der Waals surface area (Å²) in [5.74, 6) is 0.679. The Morgan fingerprint density at radius 1 is 1.25 bits per heavy atom. The largest absolute Gasteiger partial charge is 0.497 e. The molecule has 1 saturated heterocycles. The number of anilines is 1. The monoisotopic (exact) mass is 656 g/mol. The number of ether oxygens (including phenoxy) is 2. The Labute approximate surface area is 249 Å². The van der Waals surface area contributed by atoms with Crippen LogP contribution in [0, 0.1) is 15.4 Å². The minimum Gasteiger partial charge on any atom is -0.497 e. The number of aliphatic hydroxyl groups is 1. The molecule has 1 fully saturated rings. The molecule has 4 atom stereocenters. The standard InChI is InChI=1S/C31H37IN4O4/c1-6-15-36-26-12-9-22(32)18-25(26)31(29(36)38)20(2)28(30(3,4)21-7-10-24(39-5)11-8-21)27(40-31)13-16-35-19-23(14-17-37)33-34-35/h6-12,18-20,27-28,37H,1,13-17H2,2-5H3/t20-,27+,28-,31+/m0/s1. The highest BCUT2D eigenvalue weighted by molar-refractivity contribution is 14.1. The molecule has 8 nitrogen and oxygen atoms in total. The number of hydrogen-bond acceptors (Lipinski definition) is 6. The number of carbonyl (C=O) groups excluding carboxylic acids is 1. The zero-order valence-corrected chi connectivity index (χ0v) is 25.7. The molecule has 3 aromatic rings. The van der Waals surface area contributed by atoms with Crippen LogP contribution in [0.1, 0.15) is 44.0 Å². The number of methoxy groups -OCH3 is 1. The average Bonchev–Trinajstić information content (AvgIpc) is 3.58. The number of carbonyl (C=O) groups is 1. The SMILES string of the molecule is C=CCN1C(=O)[C@]2(O[C@H](CCn3cc(CCO)nn3)[C@@H](C(C)(C)c3ccc(OC)cc3)[C@@H]2C)c2cc(I)ccc21. The van der Waals surface area contributed by atoms with Crippen LogP contribution in [0.5, 0.6) is 5.75 Å². The van der Waals surface area contributed by atoms with Gasteiger partial charge in [-0.3, -0.25) is 9.48 Å². The van der Waals surface area contributed by atoms with Gasteiger partial charge in [0, 0.05) is 53.3 Å². The molecule has 0 unspecified atom stereocenters. The van der Waals surface area contributed by atoms with E-state index in [1.54, 1.807) is 17.9 Å². The summed E-state index contributed by atoms with van der Waals surface area (Å²) in [6, 6.07) is 14.4. The molecular formula is C31H37IN4O4. The van der Waals surface area contributed by atoms with Gasteiger partial charge in [0.15, 0.2) is 5.60 Å². The minimum absolute atomic E-state index is 0.0136. The number of amides is 1. The smallest absolute Gasteiger partial charge is 0.264 e. The van der Waals surface area contributed by atoms with Crippen LogP contribution < -0.4 is 9.64 Å². The van der Waals surface area contributed by atoms with Gasteiger partial charge in [0.1, 0.15) is 5.75 Å². The second kappa shape index (κ2) is 11.3. The van der Waals surface area contributed by atoms with Gasteiger partial charge in [0.2, 0.25) is 0 Å². The molecule has 0 bridgehead atoms. The second-order valence-corrected chi connectivity index (χ2v) is 12.5. The Morgan fingerprint density at radius 2 is 2.00 bits per heavy atom. The lowest BCUT2D eigenvalue weighted by Crippen LogP contribution is -2.46. The van der Waals surface area contributed by atoms with Crippen LogP contribution in [0.15, 0.2) is 61.3 Å². The number of aliphatic hydroxyl groups excluding tert-OH is 1. The predicted molar refractivity (Wildman–Crippen MR) is 162 cm³/mol. The number of benzene rings is 2. The van der Waals surface area contributed by atoms with Gasteiger partial charge in [-0.1, -0.05) is 44.2 Å². The molecule has 1 aromatic heterocycles. The number of halogens is 1. The molecule has 1 spiro atoms. The van der Waals surface area contributed by atoms with Gasteiger partial charge in [-0.25, -0.2) is 0 Å². The highest BCUT2D eigenvalue weighted by Crippen LogP contribution is 2.59. The molecule has 9 heteroatoms. The fourth-order valence-electron chi connectivity index (χ4n) is 6.80. The Kier molecular flexibility index (Phi) is 8.09. The van der Waals surface area contributed by atoms with E-state index < -0.39 is 5.60 Å². The molecule has 2 aromatic carbocycles. The molecule has 0 aliphatic carbocycles. The third-order valence-electron chi connectivity index (χ3n) is 8.71. The van der Waals surface area contributed by atoms with Crippen LogP contribution in [0.4, 0.5) is 5.69 Å². The van der Waals surface area contributed by atoms with Crippen molar-refractivity contribution in [3.63, 3.8) is 0 Å². The summed E-state index contributed by atoms with van der Waals surface area (Å²) in [6.07, 6.45) is 4.54. The molecule has 0 saturated carbocycles. The summed E-state index contributed by atoms with van der Waals surface area (Å²) >= 11 is 2.31. The predicted octanol–water partition coefficient (Wildman–Crippen LogP) is 4.87. The van der Waals surface area contributed by atoms with Gasteiger partial charge in [-0.05, 0) is 70.3 Å². The van der Waals surface area contributed by atoms with Crippen LogP contribution >= 0.6 is 22.6 Å². The number of aromatic nitrogens is 3. The van der Waals surface area contributed by atoms with Gasteiger partial charge in [0.05, 0.1) is 24.6 Å². The molecule has 0 radical (unpaired) electrons. The first-order valence-electron chi connectivity index (χ1n) is 13.7. The van der Waals surface area contributed by atoms with E-state index in [4.69, 9.17) is 9.47 Å². The summed E-state index contributed by atoms with van der Waals surface area (Å²) in [4.78, 5) is 16.2. The maximum absolute atomic E-state index is 14.4. The minimum atomic E-state index is -1.09. The van der Waals surface area contributed by atoms with Crippen molar-refractivity contribution in [1.29, 1.82) is 0 Å². The van der Waals surface area contributed by atoms with E-state index in [0.717, 1.165) is 31.8 Å². The summed E-state index contributed by atoms with van der Waals surface area (Å²) in [5.41, 5.74) is 2.33. The maximum Gasteiger partial charge on any atom is 0.264 e. The third kappa shape index (κ3) is 4.75. The van der Waals surface area contributed by atoms with Crippen LogP contribution in [-0.2, 0) is 33.5 Å². The highest BCUT2D eigenvalue weighted by Gasteiger charge is 2.65. The number of rotatable bonds is 10. The van der Waals surface area contributed by atoms with E-state index in [2.05, 4.69) is 78.5 Å². The number of fused-ring (bicyclic) bond motifs is 2. The van der Waals surface area contributed by atoms with Crippen molar-refractivity contribution < 1.29 is 19.4 Å². The normalized spacial score (nSPS) is 24.1. The van der Waals surface area contributed by atoms with Gasteiger partial charge in [-0.15, -0.1) is 11.7 Å². The summed E-state index contributed by atoms with van der Waals surface area (Å²) in [6.45, 7) is 11.6. The van der Waals surface area contributed by atoms with Crippen molar-refractivity contribution >= 4 is 34.2 Å². The quantitative estimate of drug-likeness (QED) is 0.248. The van der Waals surface area contributed by atoms with Crippen molar-refractivity contribution in [2.24, 2.45) is 11.8 Å². The zero-order chi connectivity index (χ0) is 28.7. The summed E-state index contributed by atoms with van der Waals surface area (Å²) in [5, 5.41) is 17.7. The van der Waals surface area contributed by atoms with Crippen molar-refractivity contribution in [2.45, 2.75) is 57.3 Å². The first-order chi connectivity index (χ1) is 19.2. The van der Waals surface area contributed by atoms with Crippen LogP contribution in [-0.4, -0.2) is 52.4 Å². The van der Waals surface area contributed by atoms with Crippen molar-refractivity contribution in [2.75, 3.05) is 25.2 Å². The van der Waals surface area contributed by atoms with Crippen LogP contribution in [0.2, 0.25) is 0 Å². The molecule has 2 aliphatic rings. The van der Waals surface area contributed by atoms with Crippen LogP contribution in [0.3, 0.4) is 0 Å². The fourth-order valence-corrected chi connectivity index (χ4v) is 7.29. The molecule has 3 heterocycles. The van der Waals surface area contributed by atoms with E-state index in [0.29, 0.717) is 25.9 Å². The van der Waals surface area contributed by atoms with E-state index in [1.807, 2.05) is 35.4 Å². The number of hydrogen-bond donors (Lipinski definition) is 1. The average molecular weight is 657 g/mol. The lowest BCUT2D eigenvalue weighted by atomic mass is 9.63. The highest BCUT2D eigenvalue weighted by atomic mass is 127.